The highest BCUT2D eigenvalue weighted by Crippen LogP contribution is 2.33. The molecule has 1 aliphatic rings. The highest BCUT2D eigenvalue weighted by Gasteiger charge is 2.34. The Hall–Kier alpha value is -1.67. The summed E-state index contributed by atoms with van der Waals surface area (Å²) in [5.74, 6) is 0.579. The van der Waals surface area contributed by atoms with Crippen LogP contribution in [-0.2, 0) is 13.5 Å². The fourth-order valence-corrected chi connectivity index (χ4v) is 2.80. The topological polar surface area (TPSA) is 93.5 Å². The van der Waals surface area contributed by atoms with Crippen LogP contribution in [0.5, 0.6) is 0 Å². The minimum absolute atomic E-state index is 0.0764. The Morgan fingerprint density at radius 3 is 2.70 bits per heavy atom. The number of piperazine rings is 1. The smallest absolute Gasteiger partial charge is 0.334 e. The third-order valence-corrected chi connectivity index (χ3v) is 3.81. The van der Waals surface area contributed by atoms with Crippen molar-refractivity contribution in [3.63, 3.8) is 0 Å². The molecule has 2 rings (SSSR count). The Bertz CT molecular complexity index is 500. The third kappa shape index (κ3) is 2.48. The number of nitro groups is 1. The van der Waals surface area contributed by atoms with Crippen molar-refractivity contribution in [1.82, 2.24) is 14.7 Å². The van der Waals surface area contributed by atoms with Gasteiger partial charge in [-0.05, 0) is 13.5 Å². The molecule has 0 amide bonds. The minimum Gasteiger partial charge on any atom is -0.344 e. The minimum atomic E-state index is -0.326. The van der Waals surface area contributed by atoms with E-state index in [1.807, 2.05) is 18.9 Å². The molecule has 0 saturated carbocycles. The van der Waals surface area contributed by atoms with Gasteiger partial charge in [0, 0.05) is 33.2 Å². The van der Waals surface area contributed by atoms with E-state index < -0.39 is 0 Å². The predicted molar refractivity (Wildman–Crippen MR) is 76.9 cm³/mol. The first kappa shape index (κ1) is 14.7. The molecule has 1 atom stereocenters. The molecule has 112 valence electrons. The average Bonchev–Trinajstić information content (AvgIpc) is 2.75. The summed E-state index contributed by atoms with van der Waals surface area (Å²) in [5, 5.41) is 15.7. The molecule has 1 aromatic heterocycles. The van der Waals surface area contributed by atoms with Crippen molar-refractivity contribution in [2.45, 2.75) is 19.4 Å². The molecule has 0 aliphatic carbocycles. The van der Waals surface area contributed by atoms with Crippen molar-refractivity contribution < 1.29 is 4.92 Å². The van der Waals surface area contributed by atoms with Crippen LogP contribution in [0.3, 0.4) is 0 Å². The van der Waals surface area contributed by atoms with E-state index in [9.17, 15) is 10.1 Å². The zero-order valence-corrected chi connectivity index (χ0v) is 12.2. The van der Waals surface area contributed by atoms with Gasteiger partial charge in [0.05, 0.1) is 11.0 Å². The van der Waals surface area contributed by atoms with Crippen molar-refractivity contribution in [2.75, 3.05) is 38.1 Å². The van der Waals surface area contributed by atoms with E-state index in [4.69, 9.17) is 5.73 Å². The number of hydrogen-bond acceptors (Lipinski definition) is 6. The van der Waals surface area contributed by atoms with Crippen LogP contribution in [0.4, 0.5) is 11.5 Å². The van der Waals surface area contributed by atoms with Crippen LogP contribution in [0, 0.1) is 10.1 Å². The summed E-state index contributed by atoms with van der Waals surface area (Å²) in [7, 11) is 3.79. The van der Waals surface area contributed by atoms with Crippen molar-refractivity contribution in [2.24, 2.45) is 12.8 Å². The van der Waals surface area contributed by atoms with E-state index in [2.05, 4.69) is 10.00 Å². The van der Waals surface area contributed by atoms with Gasteiger partial charge < -0.3 is 15.5 Å². The van der Waals surface area contributed by atoms with E-state index in [0.29, 0.717) is 24.5 Å². The van der Waals surface area contributed by atoms with Crippen LogP contribution in [0.15, 0.2) is 0 Å². The van der Waals surface area contributed by atoms with Crippen molar-refractivity contribution in [3.8, 4) is 0 Å². The Morgan fingerprint density at radius 2 is 2.15 bits per heavy atom. The Kier molecular flexibility index (Phi) is 4.24. The van der Waals surface area contributed by atoms with Crippen molar-refractivity contribution >= 4 is 11.5 Å². The van der Waals surface area contributed by atoms with E-state index in [0.717, 1.165) is 19.6 Å². The lowest BCUT2D eigenvalue weighted by Crippen LogP contribution is -2.55. The Balaban J connectivity index is 2.45. The SMILES string of the molecule is CCc1nn(C)c(N2CCN(C)CC2CN)c1[N+](=O)[O-]. The Labute approximate surface area is 118 Å². The molecule has 20 heavy (non-hydrogen) atoms. The van der Waals surface area contributed by atoms with Gasteiger partial charge in [0.2, 0.25) is 5.82 Å². The van der Waals surface area contributed by atoms with Gasteiger partial charge in [0.25, 0.3) is 0 Å². The summed E-state index contributed by atoms with van der Waals surface area (Å²) in [4.78, 5) is 15.3. The molecule has 2 N–H and O–H groups in total. The second-order valence-electron chi connectivity index (χ2n) is 5.20. The van der Waals surface area contributed by atoms with Crippen molar-refractivity contribution in [3.05, 3.63) is 15.8 Å². The summed E-state index contributed by atoms with van der Waals surface area (Å²) in [6.45, 7) is 4.74. The molecule has 0 radical (unpaired) electrons. The maximum atomic E-state index is 11.4. The fourth-order valence-electron chi connectivity index (χ4n) is 2.80. The maximum Gasteiger partial charge on any atom is 0.334 e. The van der Waals surface area contributed by atoms with E-state index in [1.54, 1.807) is 11.7 Å². The summed E-state index contributed by atoms with van der Waals surface area (Å²) in [6.07, 6.45) is 0.547. The number of nitrogens with two attached hydrogens (primary N) is 1. The van der Waals surface area contributed by atoms with E-state index in [1.165, 1.54) is 0 Å². The molecule has 0 spiro atoms. The molecule has 8 nitrogen and oxygen atoms in total. The van der Waals surface area contributed by atoms with Gasteiger partial charge in [-0.1, -0.05) is 6.92 Å². The molecule has 1 aromatic rings. The zero-order chi connectivity index (χ0) is 14.9. The number of aromatic nitrogens is 2. The van der Waals surface area contributed by atoms with Gasteiger partial charge in [0.15, 0.2) is 0 Å². The van der Waals surface area contributed by atoms with Crippen LogP contribution in [0.2, 0.25) is 0 Å². The lowest BCUT2D eigenvalue weighted by atomic mass is 10.1. The molecular weight excluding hydrogens is 260 g/mol. The van der Waals surface area contributed by atoms with Gasteiger partial charge >= 0.3 is 5.69 Å². The predicted octanol–water partition coefficient (Wildman–Crippen LogP) is -0.0302. The molecule has 1 fully saturated rings. The standard InChI is InChI=1S/C12H22N6O2/c1-4-10-11(18(19)20)12(16(3)14-10)17-6-5-15(2)8-9(17)7-13/h9H,4-8,13H2,1-3H3. The number of rotatable bonds is 4. The van der Waals surface area contributed by atoms with Crippen molar-refractivity contribution in [1.29, 1.82) is 0 Å². The van der Waals surface area contributed by atoms with Gasteiger partial charge in [0.1, 0.15) is 5.69 Å². The van der Waals surface area contributed by atoms with Crippen LogP contribution in [0.25, 0.3) is 0 Å². The summed E-state index contributed by atoms with van der Waals surface area (Å²) in [6, 6.07) is 0.0764. The Morgan fingerprint density at radius 1 is 1.45 bits per heavy atom. The van der Waals surface area contributed by atoms with Gasteiger partial charge in [-0.2, -0.15) is 5.10 Å². The summed E-state index contributed by atoms with van der Waals surface area (Å²) >= 11 is 0. The monoisotopic (exact) mass is 282 g/mol. The molecule has 0 bridgehead atoms. The normalized spacial score (nSPS) is 20.4. The fraction of sp³-hybridized carbons (Fsp3) is 0.750. The van der Waals surface area contributed by atoms with Crippen LogP contribution in [-0.4, -0.2) is 58.9 Å². The van der Waals surface area contributed by atoms with Gasteiger partial charge in [-0.15, -0.1) is 0 Å². The molecule has 2 heterocycles. The van der Waals surface area contributed by atoms with Crippen LogP contribution >= 0.6 is 0 Å². The molecule has 1 aliphatic heterocycles. The van der Waals surface area contributed by atoms with Crippen LogP contribution < -0.4 is 10.6 Å². The molecule has 8 heteroatoms. The van der Waals surface area contributed by atoms with Gasteiger partial charge in [-0.3, -0.25) is 10.1 Å². The molecular formula is C12H22N6O2. The molecule has 1 unspecified atom stereocenters. The molecule has 1 saturated heterocycles. The maximum absolute atomic E-state index is 11.4. The second kappa shape index (κ2) is 5.76. The quantitative estimate of drug-likeness (QED) is 0.615. The highest BCUT2D eigenvalue weighted by atomic mass is 16.6. The van der Waals surface area contributed by atoms with E-state index in [-0.39, 0.29) is 16.7 Å². The first-order valence-corrected chi connectivity index (χ1v) is 6.85. The number of hydrogen-bond donors (Lipinski definition) is 1. The molecule has 0 aromatic carbocycles. The van der Waals surface area contributed by atoms with Crippen LogP contribution in [0.1, 0.15) is 12.6 Å². The first-order valence-electron chi connectivity index (χ1n) is 6.85. The zero-order valence-electron chi connectivity index (χ0n) is 12.2. The average molecular weight is 282 g/mol. The number of likely N-dealkylation sites (N-methyl/N-ethyl adjacent to an activating group) is 1. The number of aryl methyl sites for hydroxylation is 2. The summed E-state index contributed by atoms with van der Waals surface area (Å²) < 4.78 is 1.62. The first-order chi connectivity index (χ1) is 9.49. The lowest BCUT2D eigenvalue weighted by Gasteiger charge is -2.40. The highest BCUT2D eigenvalue weighted by molar-refractivity contribution is 5.62. The number of anilines is 1. The van der Waals surface area contributed by atoms with E-state index >= 15 is 0 Å². The second-order valence-corrected chi connectivity index (χ2v) is 5.20. The lowest BCUT2D eigenvalue weighted by molar-refractivity contribution is -0.384. The largest absolute Gasteiger partial charge is 0.344 e. The van der Waals surface area contributed by atoms with Gasteiger partial charge in [-0.25, -0.2) is 4.68 Å². The number of nitrogens with zero attached hydrogens (tertiary/aromatic N) is 5. The third-order valence-electron chi connectivity index (χ3n) is 3.81. The summed E-state index contributed by atoms with van der Waals surface area (Å²) in [5.41, 5.74) is 6.49.